The molecule has 5 heteroatoms. The quantitative estimate of drug-likeness (QED) is 0.526. The number of fused-ring (bicyclic) bond motifs is 2. The van der Waals surface area contributed by atoms with Gasteiger partial charge in [-0.15, -0.1) is 0 Å². The summed E-state index contributed by atoms with van der Waals surface area (Å²) in [6, 6.07) is -0.0704. The number of rotatable bonds is 0. The molecule has 3 heterocycles. The van der Waals surface area contributed by atoms with Gasteiger partial charge >= 0.3 is 0 Å². The average molecular weight is 208 g/mol. The van der Waals surface area contributed by atoms with Crippen molar-refractivity contribution in [1.82, 2.24) is 10.2 Å². The Kier molecular flexibility index (Phi) is 1.53. The second kappa shape index (κ2) is 2.59. The Morgan fingerprint density at radius 1 is 1.13 bits per heavy atom. The summed E-state index contributed by atoms with van der Waals surface area (Å²) in [6.45, 7) is 0. The van der Waals surface area contributed by atoms with Gasteiger partial charge in [0.1, 0.15) is 0 Å². The van der Waals surface area contributed by atoms with Crippen LogP contribution in [0.4, 0.5) is 0 Å². The third kappa shape index (κ3) is 0.905. The van der Waals surface area contributed by atoms with Gasteiger partial charge in [-0.05, 0) is 12.8 Å². The van der Waals surface area contributed by atoms with Crippen molar-refractivity contribution in [2.75, 3.05) is 7.05 Å². The predicted molar refractivity (Wildman–Crippen MR) is 49.4 cm³/mol. The third-order valence-electron chi connectivity index (χ3n) is 4.02. The molecule has 80 valence electrons. The number of nitrogens with one attached hydrogen (secondary N) is 1. The van der Waals surface area contributed by atoms with E-state index in [1.165, 1.54) is 0 Å². The number of hydrogen-bond acceptors (Lipinski definition) is 3. The molecule has 0 aromatic heterocycles. The van der Waals surface area contributed by atoms with Crippen LogP contribution in [-0.2, 0) is 14.4 Å². The minimum absolute atomic E-state index is 0.0253. The zero-order valence-corrected chi connectivity index (χ0v) is 8.40. The minimum atomic E-state index is -0.389. The molecule has 4 atom stereocenters. The highest BCUT2D eigenvalue weighted by atomic mass is 16.2. The van der Waals surface area contributed by atoms with E-state index in [2.05, 4.69) is 5.32 Å². The Morgan fingerprint density at radius 3 is 2.53 bits per heavy atom. The van der Waals surface area contributed by atoms with Crippen LogP contribution in [0.15, 0.2) is 0 Å². The summed E-state index contributed by atoms with van der Waals surface area (Å²) in [5.74, 6) is -1.37. The highest BCUT2D eigenvalue weighted by Crippen LogP contribution is 2.45. The summed E-state index contributed by atoms with van der Waals surface area (Å²) >= 11 is 0. The summed E-state index contributed by atoms with van der Waals surface area (Å²) in [6.07, 6.45) is 1.59. The molecule has 0 radical (unpaired) electrons. The number of hydrogen-bond donors (Lipinski definition) is 1. The van der Waals surface area contributed by atoms with Crippen LogP contribution >= 0.6 is 0 Å². The van der Waals surface area contributed by atoms with Crippen LogP contribution in [0, 0.1) is 17.8 Å². The van der Waals surface area contributed by atoms with Gasteiger partial charge in [0.05, 0.1) is 17.8 Å². The van der Waals surface area contributed by atoms with Gasteiger partial charge in [0.2, 0.25) is 17.7 Å². The lowest BCUT2D eigenvalue weighted by molar-refractivity contribution is -0.158. The Hall–Kier alpha value is -1.39. The van der Waals surface area contributed by atoms with E-state index < -0.39 is 0 Å². The maximum atomic E-state index is 11.8. The molecule has 1 N–H and O–H groups in total. The van der Waals surface area contributed by atoms with E-state index in [0.717, 1.165) is 12.8 Å². The number of carbonyl (C=O) groups is 3. The zero-order valence-electron chi connectivity index (χ0n) is 8.40. The molecule has 4 fully saturated rings. The number of amides is 3. The van der Waals surface area contributed by atoms with E-state index in [0.29, 0.717) is 0 Å². The molecule has 1 aliphatic carbocycles. The van der Waals surface area contributed by atoms with E-state index >= 15 is 0 Å². The Morgan fingerprint density at radius 2 is 1.80 bits per heavy atom. The van der Waals surface area contributed by atoms with Crippen LogP contribution in [0.2, 0.25) is 0 Å². The van der Waals surface area contributed by atoms with Crippen LogP contribution in [0.3, 0.4) is 0 Å². The van der Waals surface area contributed by atoms with Gasteiger partial charge in [-0.2, -0.15) is 0 Å². The van der Waals surface area contributed by atoms with Gasteiger partial charge in [-0.3, -0.25) is 19.7 Å². The molecule has 4 aliphatic rings. The van der Waals surface area contributed by atoms with Gasteiger partial charge in [0, 0.05) is 13.1 Å². The minimum Gasteiger partial charge on any atom is -0.342 e. The van der Waals surface area contributed by atoms with Crippen LogP contribution < -0.4 is 5.32 Å². The van der Waals surface area contributed by atoms with Gasteiger partial charge in [0.25, 0.3) is 0 Å². The monoisotopic (exact) mass is 208 g/mol. The van der Waals surface area contributed by atoms with Crippen molar-refractivity contribution in [3.63, 3.8) is 0 Å². The Labute approximate surface area is 86.8 Å². The van der Waals surface area contributed by atoms with E-state index in [4.69, 9.17) is 0 Å². The summed E-state index contributed by atoms with van der Waals surface area (Å²) in [5.41, 5.74) is 0. The SMILES string of the molecule is CN1C(=O)[C@@H]2CC[C@@H]1[C@H]1C(=O)NC(=O)[C@@H]12. The Balaban J connectivity index is 2.07. The highest BCUT2D eigenvalue weighted by molar-refractivity contribution is 6.08. The molecule has 15 heavy (non-hydrogen) atoms. The van der Waals surface area contributed by atoms with Crippen molar-refractivity contribution >= 4 is 17.7 Å². The second-order valence-electron chi connectivity index (χ2n) is 4.61. The number of nitrogens with zero attached hydrogens (tertiary/aromatic N) is 1. The lowest BCUT2D eigenvalue weighted by atomic mass is 9.66. The lowest BCUT2D eigenvalue weighted by Gasteiger charge is -2.47. The maximum Gasteiger partial charge on any atom is 0.232 e. The molecule has 3 amide bonds. The van der Waals surface area contributed by atoms with Crippen molar-refractivity contribution < 1.29 is 14.4 Å². The van der Waals surface area contributed by atoms with Crippen molar-refractivity contribution in [1.29, 1.82) is 0 Å². The zero-order chi connectivity index (χ0) is 10.7. The molecular weight excluding hydrogens is 196 g/mol. The first-order valence-electron chi connectivity index (χ1n) is 5.22. The Bertz CT molecular complexity index is 379. The smallest absolute Gasteiger partial charge is 0.232 e. The van der Waals surface area contributed by atoms with Crippen LogP contribution in [0.5, 0.6) is 0 Å². The van der Waals surface area contributed by atoms with Crippen molar-refractivity contribution in [3.05, 3.63) is 0 Å². The largest absolute Gasteiger partial charge is 0.342 e. The number of imide groups is 1. The van der Waals surface area contributed by atoms with Crippen molar-refractivity contribution in [2.24, 2.45) is 17.8 Å². The molecule has 3 aliphatic heterocycles. The summed E-state index contributed by atoms with van der Waals surface area (Å²) in [4.78, 5) is 36.6. The first kappa shape index (κ1) is 8.88. The number of carbonyl (C=O) groups excluding carboxylic acids is 3. The first-order chi connectivity index (χ1) is 7.11. The van der Waals surface area contributed by atoms with Crippen molar-refractivity contribution in [2.45, 2.75) is 18.9 Å². The summed E-state index contributed by atoms with van der Waals surface area (Å²) < 4.78 is 0. The fourth-order valence-electron chi connectivity index (χ4n) is 3.31. The summed E-state index contributed by atoms with van der Waals surface area (Å²) in [7, 11) is 1.73. The molecule has 0 aromatic rings. The van der Waals surface area contributed by atoms with E-state index in [9.17, 15) is 14.4 Å². The normalized spacial score (nSPS) is 43.3. The fourth-order valence-corrected chi connectivity index (χ4v) is 3.31. The van der Waals surface area contributed by atoms with Gasteiger partial charge in [-0.25, -0.2) is 0 Å². The molecule has 3 saturated heterocycles. The molecule has 4 rings (SSSR count). The highest BCUT2D eigenvalue weighted by Gasteiger charge is 2.59. The molecule has 0 unspecified atom stereocenters. The van der Waals surface area contributed by atoms with E-state index in [1.54, 1.807) is 11.9 Å². The average Bonchev–Trinajstić information content (AvgIpc) is 2.51. The molecule has 2 bridgehead atoms. The van der Waals surface area contributed by atoms with Gasteiger partial charge < -0.3 is 4.90 Å². The molecular formula is C10H12N2O3. The van der Waals surface area contributed by atoms with Gasteiger partial charge in [-0.1, -0.05) is 0 Å². The first-order valence-corrected chi connectivity index (χ1v) is 5.22. The van der Waals surface area contributed by atoms with E-state index in [-0.39, 0.29) is 41.5 Å². The molecule has 5 nitrogen and oxygen atoms in total. The maximum absolute atomic E-state index is 11.8. The van der Waals surface area contributed by atoms with Crippen LogP contribution in [0.1, 0.15) is 12.8 Å². The molecule has 1 saturated carbocycles. The van der Waals surface area contributed by atoms with E-state index in [1.807, 2.05) is 0 Å². The fraction of sp³-hybridized carbons (Fsp3) is 0.700. The molecule has 0 aromatic carbocycles. The number of piperidine rings is 2. The summed E-state index contributed by atoms with van der Waals surface area (Å²) in [5, 5.41) is 2.34. The predicted octanol–water partition coefficient (Wildman–Crippen LogP) is -0.874. The van der Waals surface area contributed by atoms with Crippen molar-refractivity contribution in [3.8, 4) is 0 Å². The third-order valence-corrected chi connectivity index (χ3v) is 4.02. The van der Waals surface area contributed by atoms with Crippen LogP contribution in [0.25, 0.3) is 0 Å². The topological polar surface area (TPSA) is 66.5 Å². The van der Waals surface area contributed by atoms with Crippen LogP contribution in [-0.4, -0.2) is 35.7 Å². The van der Waals surface area contributed by atoms with Gasteiger partial charge in [0.15, 0.2) is 0 Å². The standard InChI is InChI=1S/C10H12N2O3/c1-12-5-3-2-4(10(12)15)6-7(5)9(14)11-8(6)13/h4-7H,2-3H2,1H3,(H,11,13,14)/t4-,5-,6-,7-/m1/s1. The second-order valence-corrected chi connectivity index (χ2v) is 4.61. The molecule has 0 spiro atoms. The lowest BCUT2D eigenvalue weighted by Crippen LogP contribution is -2.60.